The van der Waals surface area contributed by atoms with E-state index in [9.17, 15) is 0 Å². The summed E-state index contributed by atoms with van der Waals surface area (Å²) >= 11 is 0. The van der Waals surface area contributed by atoms with Gasteiger partial charge in [-0.05, 0) is 43.7 Å². The minimum Gasteiger partial charge on any atom is -0.383 e. The molecule has 3 aliphatic heterocycles. The largest absolute Gasteiger partial charge is 0.383 e. The normalized spacial score (nSPS) is 26.2. The summed E-state index contributed by atoms with van der Waals surface area (Å²) in [6.07, 6.45) is 5.29. The van der Waals surface area contributed by atoms with Gasteiger partial charge in [0.1, 0.15) is 0 Å². The van der Waals surface area contributed by atoms with E-state index in [2.05, 4.69) is 40.1 Å². The Morgan fingerprint density at radius 3 is 2.73 bits per heavy atom. The molecule has 4 rings (SSSR count). The third-order valence-corrected chi connectivity index (χ3v) is 5.27. The first-order valence-corrected chi connectivity index (χ1v) is 8.84. The highest BCUT2D eigenvalue weighted by atomic mass is 16.5. The van der Waals surface area contributed by atoms with Crippen molar-refractivity contribution in [2.45, 2.75) is 31.7 Å². The van der Waals surface area contributed by atoms with E-state index in [0.717, 1.165) is 25.1 Å². The first kappa shape index (κ1) is 16.0. The molecule has 1 aromatic carbocycles. The van der Waals surface area contributed by atoms with Crippen LogP contribution in [0.2, 0.25) is 0 Å². The van der Waals surface area contributed by atoms with Gasteiger partial charge in [-0.3, -0.25) is 4.90 Å². The standard InChI is InChI=1S/C19H30N2O/c1-22-13-12-21-15-18-9-10-19(21)16-20(14-18)11-5-8-17-6-3-2-4-7-17/h2-4,6-7,18-19H,5,8-16H2,1H3/t18-,19+/m0/s1. The Morgan fingerprint density at radius 2 is 1.91 bits per heavy atom. The van der Waals surface area contributed by atoms with Crippen LogP contribution in [-0.2, 0) is 11.2 Å². The fourth-order valence-corrected chi connectivity index (χ4v) is 4.09. The maximum Gasteiger partial charge on any atom is 0.0589 e. The zero-order valence-electron chi connectivity index (χ0n) is 13.9. The van der Waals surface area contributed by atoms with Crippen LogP contribution >= 0.6 is 0 Å². The lowest BCUT2D eigenvalue weighted by atomic mass is 9.95. The molecule has 1 aromatic rings. The average molecular weight is 302 g/mol. The number of ether oxygens (including phenoxy) is 1. The maximum absolute atomic E-state index is 5.28. The summed E-state index contributed by atoms with van der Waals surface area (Å²) in [6.45, 7) is 7.07. The summed E-state index contributed by atoms with van der Waals surface area (Å²) in [5, 5.41) is 0. The van der Waals surface area contributed by atoms with E-state index in [0.29, 0.717) is 0 Å². The fraction of sp³-hybridized carbons (Fsp3) is 0.684. The van der Waals surface area contributed by atoms with Crippen molar-refractivity contribution in [3.8, 4) is 0 Å². The first-order chi connectivity index (χ1) is 10.8. The van der Waals surface area contributed by atoms with E-state index in [1.807, 2.05) is 7.11 Å². The maximum atomic E-state index is 5.28. The molecule has 0 amide bonds. The van der Waals surface area contributed by atoms with E-state index in [1.54, 1.807) is 0 Å². The molecule has 0 N–H and O–H groups in total. The highest BCUT2D eigenvalue weighted by molar-refractivity contribution is 5.14. The molecule has 2 bridgehead atoms. The number of hydrogen-bond donors (Lipinski definition) is 0. The van der Waals surface area contributed by atoms with Gasteiger partial charge in [0, 0.05) is 39.3 Å². The zero-order chi connectivity index (χ0) is 15.2. The molecule has 0 radical (unpaired) electrons. The van der Waals surface area contributed by atoms with Crippen LogP contribution in [0.25, 0.3) is 0 Å². The highest BCUT2D eigenvalue weighted by Crippen LogP contribution is 2.27. The summed E-state index contributed by atoms with van der Waals surface area (Å²) in [5.74, 6) is 0.868. The zero-order valence-corrected chi connectivity index (χ0v) is 13.9. The van der Waals surface area contributed by atoms with Crippen LogP contribution in [0.1, 0.15) is 24.8 Å². The summed E-state index contributed by atoms with van der Waals surface area (Å²) in [4.78, 5) is 5.40. The Morgan fingerprint density at radius 1 is 1.05 bits per heavy atom. The summed E-state index contributed by atoms with van der Waals surface area (Å²) in [7, 11) is 1.81. The Balaban J connectivity index is 1.47. The third kappa shape index (κ3) is 4.31. The number of rotatable bonds is 7. The van der Waals surface area contributed by atoms with Crippen LogP contribution in [0.5, 0.6) is 0 Å². The number of piperidine rings is 1. The lowest BCUT2D eigenvalue weighted by Crippen LogP contribution is -2.45. The summed E-state index contributed by atoms with van der Waals surface area (Å²) < 4.78 is 5.28. The molecule has 0 aliphatic carbocycles. The fourth-order valence-electron chi connectivity index (χ4n) is 4.09. The monoisotopic (exact) mass is 302 g/mol. The SMILES string of the molecule is COCCN1C[C@H]2CC[C@@H]1CN(CCCc1ccccc1)C2. The smallest absolute Gasteiger partial charge is 0.0589 e. The van der Waals surface area contributed by atoms with Crippen molar-refractivity contribution in [3.05, 3.63) is 35.9 Å². The number of aryl methyl sites for hydroxylation is 1. The van der Waals surface area contributed by atoms with Crippen LogP contribution in [0.3, 0.4) is 0 Å². The predicted molar refractivity (Wildman–Crippen MR) is 91.2 cm³/mol. The van der Waals surface area contributed by atoms with Crippen LogP contribution in [0, 0.1) is 5.92 Å². The van der Waals surface area contributed by atoms with Gasteiger partial charge >= 0.3 is 0 Å². The van der Waals surface area contributed by atoms with Crippen molar-refractivity contribution in [1.29, 1.82) is 0 Å². The lowest BCUT2D eigenvalue weighted by molar-refractivity contribution is 0.0869. The number of nitrogens with zero attached hydrogens (tertiary/aromatic N) is 2. The first-order valence-electron chi connectivity index (χ1n) is 8.84. The van der Waals surface area contributed by atoms with Crippen LogP contribution in [0.15, 0.2) is 30.3 Å². The Hall–Kier alpha value is -0.900. The van der Waals surface area contributed by atoms with Crippen LogP contribution < -0.4 is 0 Å². The van der Waals surface area contributed by atoms with Gasteiger partial charge in [0.05, 0.1) is 6.61 Å². The second-order valence-corrected chi connectivity index (χ2v) is 6.93. The number of fused-ring (bicyclic) bond motifs is 4. The quantitative estimate of drug-likeness (QED) is 0.770. The molecule has 2 atom stereocenters. The van der Waals surface area contributed by atoms with Gasteiger partial charge in [-0.15, -0.1) is 0 Å². The topological polar surface area (TPSA) is 15.7 Å². The molecule has 3 heteroatoms. The Labute approximate surface area is 135 Å². The molecular weight excluding hydrogens is 272 g/mol. The summed E-state index contributed by atoms with van der Waals surface area (Å²) in [5.41, 5.74) is 1.47. The second kappa shape index (κ2) is 8.09. The van der Waals surface area contributed by atoms with Crippen molar-refractivity contribution in [2.24, 2.45) is 5.92 Å². The number of hydrogen-bond acceptors (Lipinski definition) is 3. The van der Waals surface area contributed by atoms with Gasteiger partial charge in [0.2, 0.25) is 0 Å². The molecule has 122 valence electrons. The molecular formula is C19H30N2O. The summed E-state index contributed by atoms with van der Waals surface area (Å²) in [6, 6.07) is 11.7. The molecule has 3 nitrogen and oxygen atoms in total. The molecule has 3 heterocycles. The van der Waals surface area contributed by atoms with Gasteiger partial charge in [-0.25, -0.2) is 0 Å². The van der Waals surface area contributed by atoms with Gasteiger partial charge < -0.3 is 9.64 Å². The number of methoxy groups -OCH3 is 1. The molecule has 3 saturated heterocycles. The van der Waals surface area contributed by atoms with Crippen molar-refractivity contribution in [1.82, 2.24) is 9.80 Å². The van der Waals surface area contributed by atoms with Crippen molar-refractivity contribution in [3.63, 3.8) is 0 Å². The lowest BCUT2D eigenvalue weighted by Gasteiger charge is -2.35. The van der Waals surface area contributed by atoms with E-state index in [1.165, 1.54) is 57.4 Å². The molecule has 0 unspecified atom stereocenters. The van der Waals surface area contributed by atoms with Crippen molar-refractivity contribution >= 4 is 0 Å². The molecule has 0 saturated carbocycles. The van der Waals surface area contributed by atoms with E-state index in [4.69, 9.17) is 4.74 Å². The average Bonchev–Trinajstić information content (AvgIpc) is 2.84. The highest BCUT2D eigenvalue weighted by Gasteiger charge is 2.34. The molecule has 3 fully saturated rings. The molecule has 0 spiro atoms. The number of benzene rings is 1. The van der Waals surface area contributed by atoms with Gasteiger partial charge in [0.25, 0.3) is 0 Å². The molecule has 22 heavy (non-hydrogen) atoms. The van der Waals surface area contributed by atoms with E-state index >= 15 is 0 Å². The predicted octanol–water partition coefficient (Wildman–Crippen LogP) is 2.66. The van der Waals surface area contributed by atoms with Crippen molar-refractivity contribution in [2.75, 3.05) is 46.4 Å². The van der Waals surface area contributed by atoms with Crippen molar-refractivity contribution < 1.29 is 4.74 Å². The van der Waals surface area contributed by atoms with Gasteiger partial charge in [0.15, 0.2) is 0 Å². The van der Waals surface area contributed by atoms with E-state index in [-0.39, 0.29) is 0 Å². The molecule has 0 aromatic heterocycles. The minimum absolute atomic E-state index is 0.755. The molecule has 3 aliphatic rings. The van der Waals surface area contributed by atoms with Crippen LogP contribution in [-0.4, -0.2) is 62.3 Å². The Kier molecular flexibility index (Phi) is 5.88. The van der Waals surface area contributed by atoms with Gasteiger partial charge in [-0.2, -0.15) is 0 Å². The third-order valence-electron chi connectivity index (χ3n) is 5.27. The second-order valence-electron chi connectivity index (χ2n) is 6.93. The van der Waals surface area contributed by atoms with E-state index < -0.39 is 0 Å². The Bertz CT molecular complexity index is 436. The van der Waals surface area contributed by atoms with Crippen LogP contribution in [0.4, 0.5) is 0 Å². The van der Waals surface area contributed by atoms with Gasteiger partial charge in [-0.1, -0.05) is 30.3 Å². The minimum atomic E-state index is 0.755.